The topological polar surface area (TPSA) is 116 Å². The standard InChI is InChI=1S/C26H29N5O5S2/c1-5-35-21-7-6-8-22-24(21)28-26(37-22)31-23(13-16(2)29-31)27-25(32)19-9-11-20(12-10-19)38(33,34)30-14-17(3)36-18(4)15-30/h6-13,17-18H,5,14-15H2,1-4H3,(H,27,32). The van der Waals surface area contributed by atoms with Gasteiger partial charge in [0.1, 0.15) is 17.1 Å². The highest BCUT2D eigenvalue weighted by molar-refractivity contribution is 7.89. The highest BCUT2D eigenvalue weighted by atomic mass is 32.2. The van der Waals surface area contributed by atoms with E-state index in [4.69, 9.17) is 14.5 Å². The summed E-state index contributed by atoms with van der Waals surface area (Å²) in [5.41, 5.74) is 1.77. The molecule has 2 unspecified atom stereocenters. The average Bonchev–Trinajstić information content (AvgIpc) is 3.47. The second-order valence-corrected chi connectivity index (χ2v) is 12.1. The van der Waals surface area contributed by atoms with Crippen molar-refractivity contribution in [3.8, 4) is 10.9 Å². The molecule has 3 heterocycles. The van der Waals surface area contributed by atoms with E-state index < -0.39 is 10.0 Å². The van der Waals surface area contributed by atoms with Crippen molar-refractivity contribution >= 4 is 43.3 Å². The monoisotopic (exact) mass is 555 g/mol. The van der Waals surface area contributed by atoms with E-state index in [1.807, 2.05) is 45.9 Å². The summed E-state index contributed by atoms with van der Waals surface area (Å²) < 4.78 is 41.6. The van der Waals surface area contributed by atoms with Gasteiger partial charge in [0.2, 0.25) is 15.2 Å². The Hall–Kier alpha value is -3.32. The first-order valence-corrected chi connectivity index (χ1v) is 14.6. The van der Waals surface area contributed by atoms with Gasteiger partial charge in [-0.25, -0.2) is 13.4 Å². The van der Waals surface area contributed by atoms with Crippen molar-refractivity contribution in [3.05, 3.63) is 59.8 Å². The minimum Gasteiger partial charge on any atom is -0.492 e. The fourth-order valence-corrected chi connectivity index (χ4v) is 6.99. The molecule has 2 aromatic carbocycles. The number of aromatic nitrogens is 3. The van der Waals surface area contributed by atoms with Crippen LogP contribution >= 0.6 is 11.3 Å². The molecule has 0 radical (unpaired) electrons. The van der Waals surface area contributed by atoms with E-state index in [1.165, 1.54) is 39.9 Å². The number of para-hydroxylation sites is 1. The smallest absolute Gasteiger partial charge is 0.256 e. The second kappa shape index (κ2) is 10.4. The van der Waals surface area contributed by atoms with Crippen LogP contribution in [0.25, 0.3) is 15.3 Å². The molecular formula is C26H29N5O5S2. The third-order valence-corrected chi connectivity index (χ3v) is 8.91. The number of aryl methyl sites for hydroxylation is 1. The van der Waals surface area contributed by atoms with Gasteiger partial charge in [-0.1, -0.05) is 17.4 Å². The zero-order valence-electron chi connectivity index (χ0n) is 21.5. The molecule has 4 aromatic rings. The lowest BCUT2D eigenvalue weighted by Crippen LogP contribution is -2.48. The molecule has 1 N–H and O–H groups in total. The van der Waals surface area contributed by atoms with Crippen LogP contribution in [0.5, 0.6) is 5.75 Å². The van der Waals surface area contributed by atoms with Gasteiger partial charge in [0.05, 0.1) is 34.1 Å². The van der Waals surface area contributed by atoms with Crippen molar-refractivity contribution in [2.75, 3.05) is 25.0 Å². The molecule has 200 valence electrons. The summed E-state index contributed by atoms with van der Waals surface area (Å²) in [7, 11) is -3.70. The molecule has 1 amide bonds. The van der Waals surface area contributed by atoms with E-state index in [9.17, 15) is 13.2 Å². The lowest BCUT2D eigenvalue weighted by molar-refractivity contribution is -0.0440. The van der Waals surface area contributed by atoms with Gasteiger partial charge in [-0.2, -0.15) is 14.1 Å². The SMILES string of the molecule is CCOc1cccc2sc(-n3nc(C)cc3NC(=O)c3ccc(S(=O)(=O)N4CC(C)OC(C)C4)cc3)nc12. The van der Waals surface area contributed by atoms with E-state index in [-0.39, 0.29) is 36.1 Å². The van der Waals surface area contributed by atoms with Gasteiger partial charge in [-0.05, 0) is 64.1 Å². The van der Waals surface area contributed by atoms with E-state index in [1.54, 1.807) is 10.7 Å². The highest BCUT2D eigenvalue weighted by Gasteiger charge is 2.32. The van der Waals surface area contributed by atoms with Crippen molar-refractivity contribution < 1.29 is 22.7 Å². The Morgan fingerprint density at radius 3 is 2.55 bits per heavy atom. The number of thiazole rings is 1. The van der Waals surface area contributed by atoms with Gasteiger partial charge in [0.25, 0.3) is 5.91 Å². The molecule has 10 nitrogen and oxygen atoms in total. The number of rotatable bonds is 7. The van der Waals surface area contributed by atoms with Crippen molar-refractivity contribution in [3.63, 3.8) is 0 Å². The molecule has 0 aliphatic carbocycles. The Labute approximate surface area is 225 Å². The number of carbonyl (C=O) groups excluding carboxylic acids is 1. The van der Waals surface area contributed by atoms with E-state index in [2.05, 4.69) is 10.4 Å². The van der Waals surface area contributed by atoms with Crippen LogP contribution in [-0.2, 0) is 14.8 Å². The predicted molar refractivity (Wildman–Crippen MR) is 146 cm³/mol. The Morgan fingerprint density at radius 2 is 1.87 bits per heavy atom. The van der Waals surface area contributed by atoms with E-state index in [0.717, 1.165) is 10.2 Å². The maximum absolute atomic E-state index is 13.1. The van der Waals surface area contributed by atoms with Gasteiger partial charge < -0.3 is 14.8 Å². The normalized spacial score (nSPS) is 18.5. The lowest BCUT2D eigenvalue weighted by atomic mass is 10.2. The fraction of sp³-hybridized carbons (Fsp3) is 0.346. The molecular weight excluding hydrogens is 526 g/mol. The number of amides is 1. The zero-order valence-corrected chi connectivity index (χ0v) is 23.2. The average molecular weight is 556 g/mol. The van der Waals surface area contributed by atoms with Crippen molar-refractivity contribution in [2.45, 2.75) is 44.8 Å². The van der Waals surface area contributed by atoms with Gasteiger partial charge in [0.15, 0.2) is 0 Å². The molecule has 1 saturated heterocycles. The maximum Gasteiger partial charge on any atom is 0.256 e. The summed E-state index contributed by atoms with van der Waals surface area (Å²) in [6.07, 6.45) is -0.374. The molecule has 1 fully saturated rings. The van der Waals surface area contributed by atoms with Crippen LogP contribution in [-0.4, -0.2) is 65.3 Å². The van der Waals surface area contributed by atoms with Crippen LogP contribution in [0.15, 0.2) is 53.4 Å². The van der Waals surface area contributed by atoms with Gasteiger partial charge in [0, 0.05) is 24.7 Å². The molecule has 2 atom stereocenters. The molecule has 0 bridgehead atoms. The molecule has 0 spiro atoms. The Morgan fingerprint density at radius 1 is 1.16 bits per heavy atom. The Kier molecular flexibility index (Phi) is 7.23. The lowest BCUT2D eigenvalue weighted by Gasteiger charge is -2.34. The first-order valence-electron chi connectivity index (χ1n) is 12.3. The number of anilines is 1. The van der Waals surface area contributed by atoms with Crippen LogP contribution in [0.4, 0.5) is 5.82 Å². The summed E-state index contributed by atoms with van der Waals surface area (Å²) in [4.78, 5) is 17.9. The number of hydrogen-bond acceptors (Lipinski definition) is 8. The molecule has 1 aliphatic rings. The number of hydrogen-bond donors (Lipinski definition) is 1. The molecule has 5 rings (SSSR count). The van der Waals surface area contributed by atoms with Gasteiger partial charge >= 0.3 is 0 Å². The van der Waals surface area contributed by atoms with E-state index >= 15 is 0 Å². The summed E-state index contributed by atoms with van der Waals surface area (Å²) in [6, 6.07) is 13.4. The number of nitrogens with one attached hydrogen (secondary N) is 1. The number of nitrogens with zero attached hydrogens (tertiary/aromatic N) is 4. The minimum absolute atomic E-state index is 0.135. The highest BCUT2D eigenvalue weighted by Crippen LogP contribution is 2.33. The number of benzene rings is 2. The Balaban J connectivity index is 1.37. The van der Waals surface area contributed by atoms with Crippen molar-refractivity contribution in [1.82, 2.24) is 19.1 Å². The van der Waals surface area contributed by atoms with E-state index in [0.29, 0.717) is 34.6 Å². The third kappa shape index (κ3) is 5.17. The summed E-state index contributed by atoms with van der Waals surface area (Å²) in [5.74, 6) is 0.760. The van der Waals surface area contributed by atoms with Crippen molar-refractivity contribution in [2.24, 2.45) is 0 Å². The van der Waals surface area contributed by atoms with Crippen LogP contribution in [0.2, 0.25) is 0 Å². The zero-order chi connectivity index (χ0) is 27.0. The summed E-state index contributed by atoms with van der Waals surface area (Å²) in [6.45, 7) is 8.56. The maximum atomic E-state index is 13.1. The minimum atomic E-state index is -3.70. The molecule has 38 heavy (non-hydrogen) atoms. The molecule has 1 aliphatic heterocycles. The molecule has 2 aromatic heterocycles. The van der Waals surface area contributed by atoms with Crippen molar-refractivity contribution in [1.29, 1.82) is 0 Å². The Bertz CT molecular complexity index is 1570. The first-order chi connectivity index (χ1) is 18.2. The number of fused-ring (bicyclic) bond motifs is 1. The van der Waals surface area contributed by atoms with Crippen LogP contribution in [0.1, 0.15) is 36.8 Å². The third-order valence-electron chi connectivity index (χ3n) is 6.07. The van der Waals surface area contributed by atoms with Crippen LogP contribution in [0.3, 0.4) is 0 Å². The summed E-state index contributed by atoms with van der Waals surface area (Å²) >= 11 is 1.44. The largest absolute Gasteiger partial charge is 0.492 e. The number of ether oxygens (including phenoxy) is 2. The number of morpholine rings is 1. The van der Waals surface area contributed by atoms with Crippen LogP contribution < -0.4 is 10.1 Å². The first kappa shape index (κ1) is 26.3. The van der Waals surface area contributed by atoms with Crippen LogP contribution in [0, 0.1) is 6.92 Å². The van der Waals surface area contributed by atoms with Gasteiger partial charge in [-0.15, -0.1) is 0 Å². The number of carbonyl (C=O) groups is 1. The molecule has 12 heteroatoms. The molecule has 0 saturated carbocycles. The fourth-order valence-electron chi connectivity index (χ4n) is 4.45. The van der Waals surface area contributed by atoms with Gasteiger partial charge in [-0.3, -0.25) is 4.79 Å². The second-order valence-electron chi connectivity index (χ2n) is 9.17. The quantitative estimate of drug-likeness (QED) is 0.363. The number of sulfonamides is 1. The summed E-state index contributed by atoms with van der Waals surface area (Å²) in [5, 5.41) is 8.00. The predicted octanol–water partition coefficient (Wildman–Crippen LogP) is 4.24.